The Labute approximate surface area is 138 Å². The molecule has 0 radical (unpaired) electrons. The van der Waals surface area contributed by atoms with Gasteiger partial charge in [0.25, 0.3) is 0 Å². The van der Waals surface area contributed by atoms with Crippen LogP contribution in [0.5, 0.6) is 0 Å². The molecule has 0 bridgehead atoms. The quantitative estimate of drug-likeness (QED) is 0.678. The maximum Gasteiger partial charge on any atom is 0.189 e. The van der Waals surface area contributed by atoms with E-state index in [9.17, 15) is 0 Å². The fraction of sp³-hybridized carbons (Fsp3) is 0. The Morgan fingerprint density at radius 3 is 2.57 bits per heavy atom. The molecule has 106 valence electrons. The zero-order valence-electron chi connectivity index (χ0n) is 10.5. The monoisotopic (exact) mass is 383 g/mol. The van der Waals surface area contributed by atoms with Gasteiger partial charge in [0.05, 0.1) is 25.9 Å². The smallest absolute Gasteiger partial charge is 0.189 e. The topological polar surface area (TPSA) is 69.6 Å². The van der Waals surface area contributed by atoms with Gasteiger partial charge in [-0.3, -0.25) is 0 Å². The Hall–Kier alpha value is -1.63. The Morgan fingerprint density at radius 2 is 1.76 bits per heavy atom. The van der Waals surface area contributed by atoms with Crippen LogP contribution >= 0.6 is 39.1 Å². The van der Waals surface area contributed by atoms with Gasteiger partial charge in [-0.2, -0.15) is 4.68 Å². The highest BCUT2D eigenvalue weighted by molar-refractivity contribution is 9.10. The highest BCUT2D eigenvalue weighted by atomic mass is 79.9. The van der Waals surface area contributed by atoms with Crippen molar-refractivity contribution in [1.29, 1.82) is 0 Å². The molecule has 0 aliphatic rings. The number of nitrogens with zero attached hydrogens (tertiary/aromatic N) is 4. The summed E-state index contributed by atoms with van der Waals surface area (Å²) in [5.74, 6) is 0.484. The Balaban J connectivity index is 2.22. The molecule has 0 atom stereocenters. The molecule has 3 rings (SSSR count). The maximum absolute atomic E-state index is 6.11. The van der Waals surface area contributed by atoms with E-state index in [2.05, 4.69) is 31.5 Å². The molecule has 2 N–H and O–H groups in total. The lowest BCUT2D eigenvalue weighted by Gasteiger charge is -2.10. The number of nitrogen functional groups attached to an aromatic ring is 1. The first-order valence-electron chi connectivity index (χ1n) is 5.86. The van der Waals surface area contributed by atoms with Crippen LogP contribution in [0.3, 0.4) is 0 Å². The molecule has 0 unspecified atom stereocenters. The molecule has 1 heterocycles. The molecule has 8 heteroatoms. The number of hydrogen-bond acceptors (Lipinski definition) is 4. The molecule has 0 aliphatic carbocycles. The molecule has 0 fully saturated rings. The second-order valence-corrected chi connectivity index (χ2v) is 5.80. The minimum atomic E-state index is 0.424. The van der Waals surface area contributed by atoms with E-state index in [0.717, 1.165) is 0 Å². The lowest BCUT2D eigenvalue weighted by atomic mass is 10.1. The third-order valence-corrected chi connectivity index (χ3v) is 4.63. The van der Waals surface area contributed by atoms with Crippen LogP contribution < -0.4 is 5.73 Å². The molecule has 5 nitrogen and oxygen atoms in total. The van der Waals surface area contributed by atoms with Crippen LogP contribution in [0.1, 0.15) is 0 Å². The summed E-state index contributed by atoms with van der Waals surface area (Å²) in [5, 5.41) is 12.8. The number of halogens is 3. The summed E-state index contributed by atoms with van der Waals surface area (Å²) in [6, 6.07) is 10.7. The molecule has 0 amide bonds. The van der Waals surface area contributed by atoms with Crippen molar-refractivity contribution in [1.82, 2.24) is 20.2 Å². The molecular weight excluding hydrogens is 377 g/mol. The van der Waals surface area contributed by atoms with Gasteiger partial charge >= 0.3 is 0 Å². The lowest BCUT2D eigenvalue weighted by molar-refractivity contribution is 0.789. The molecule has 0 aliphatic heterocycles. The molecule has 21 heavy (non-hydrogen) atoms. The summed E-state index contributed by atoms with van der Waals surface area (Å²) in [7, 11) is 0. The van der Waals surface area contributed by atoms with Crippen molar-refractivity contribution < 1.29 is 0 Å². The van der Waals surface area contributed by atoms with Gasteiger partial charge in [0.2, 0.25) is 0 Å². The molecule has 0 saturated carbocycles. The number of nitrogens with two attached hydrogens (primary N) is 1. The third kappa shape index (κ3) is 2.50. The predicted octanol–water partition coefficient (Wildman–Crippen LogP) is 3.98. The first kappa shape index (κ1) is 14.3. The summed E-state index contributed by atoms with van der Waals surface area (Å²) in [5.41, 5.74) is 7.80. The van der Waals surface area contributed by atoms with E-state index in [0.29, 0.717) is 37.3 Å². The molecule has 1 aromatic heterocycles. The van der Waals surface area contributed by atoms with Crippen LogP contribution in [-0.4, -0.2) is 20.2 Å². The largest absolute Gasteiger partial charge is 0.397 e. The van der Waals surface area contributed by atoms with E-state index < -0.39 is 0 Å². The van der Waals surface area contributed by atoms with Crippen LogP contribution in [0.15, 0.2) is 40.9 Å². The average molecular weight is 385 g/mol. The van der Waals surface area contributed by atoms with Crippen LogP contribution in [0.25, 0.3) is 17.1 Å². The van der Waals surface area contributed by atoms with Crippen molar-refractivity contribution in [3.63, 3.8) is 0 Å². The van der Waals surface area contributed by atoms with E-state index >= 15 is 0 Å². The average Bonchev–Trinajstić information content (AvgIpc) is 2.94. The standard InChI is InChI=1S/C13H8BrCl2N5/c14-11-8(15)4-2-6-10(11)21-13(18-19-20-21)7-3-1-5-9(16)12(7)17/h1-6H,17H2. The van der Waals surface area contributed by atoms with Gasteiger partial charge in [0, 0.05) is 5.56 Å². The number of hydrogen-bond donors (Lipinski definition) is 1. The van der Waals surface area contributed by atoms with Crippen molar-refractivity contribution in [2.24, 2.45) is 0 Å². The Kier molecular flexibility index (Phi) is 3.84. The van der Waals surface area contributed by atoms with Crippen LogP contribution in [0.2, 0.25) is 10.0 Å². The van der Waals surface area contributed by atoms with Crippen LogP contribution in [-0.2, 0) is 0 Å². The van der Waals surface area contributed by atoms with Gasteiger partial charge in [-0.05, 0) is 50.6 Å². The van der Waals surface area contributed by atoms with E-state index in [1.807, 2.05) is 18.2 Å². The van der Waals surface area contributed by atoms with Gasteiger partial charge in [-0.1, -0.05) is 35.3 Å². The van der Waals surface area contributed by atoms with Crippen molar-refractivity contribution in [3.8, 4) is 17.1 Å². The van der Waals surface area contributed by atoms with E-state index in [4.69, 9.17) is 28.9 Å². The summed E-state index contributed by atoms with van der Waals surface area (Å²) >= 11 is 15.6. The minimum absolute atomic E-state index is 0.424. The summed E-state index contributed by atoms with van der Waals surface area (Å²) in [6.07, 6.45) is 0. The molecule has 0 saturated heterocycles. The summed E-state index contributed by atoms with van der Waals surface area (Å²) in [4.78, 5) is 0. The van der Waals surface area contributed by atoms with Gasteiger partial charge < -0.3 is 5.73 Å². The van der Waals surface area contributed by atoms with Crippen molar-refractivity contribution in [2.75, 3.05) is 5.73 Å². The maximum atomic E-state index is 6.11. The molecule has 3 aromatic rings. The summed E-state index contributed by atoms with van der Waals surface area (Å²) in [6.45, 7) is 0. The number of anilines is 1. The van der Waals surface area contributed by atoms with Crippen LogP contribution in [0, 0.1) is 0 Å². The normalized spacial score (nSPS) is 10.8. The Morgan fingerprint density at radius 1 is 1.05 bits per heavy atom. The molecule has 0 spiro atoms. The third-order valence-electron chi connectivity index (χ3n) is 2.92. The van der Waals surface area contributed by atoms with E-state index in [1.165, 1.54) is 0 Å². The van der Waals surface area contributed by atoms with Crippen LogP contribution in [0.4, 0.5) is 5.69 Å². The lowest BCUT2D eigenvalue weighted by Crippen LogP contribution is -2.03. The fourth-order valence-corrected chi connectivity index (χ4v) is 2.68. The SMILES string of the molecule is Nc1c(Cl)cccc1-c1nnnn1-c1cccc(Cl)c1Br. The van der Waals surface area contributed by atoms with Gasteiger partial charge in [0.15, 0.2) is 5.82 Å². The number of aromatic nitrogens is 4. The second kappa shape index (κ2) is 5.63. The number of tetrazole rings is 1. The highest BCUT2D eigenvalue weighted by Gasteiger charge is 2.17. The first-order chi connectivity index (χ1) is 10.1. The minimum Gasteiger partial charge on any atom is -0.397 e. The highest BCUT2D eigenvalue weighted by Crippen LogP contribution is 2.34. The Bertz CT molecular complexity index is 752. The first-order valence-corrected chi connectivity index (χ1v) is 7.41. The zero-order valence-corrected chi connectivity index (χ0v) is 13.6. The zero-order chi connectivity index (χ0) is 15.0. The predicted molar refractivity (Wildman–Crippen MR) is 86.7 cm³/mol. The molecular formula is C13H8BrCl2N5. The second-order valence-electron chi connectivity index (χ2n) is 4.19. The van der Waals surface area contributed by atoms with Gasteiger partial charge in [-0.15, -0.1) is 5.10 Å². The van der Waals surface area contributed by atoms with Crippen molar-refractivity contribution >= 4 is 44.8 Å². The van der Waals surface area contributed by atoms with E-state index in [1.54, 1.807) is 22.9 Å². The molecule has 2 aromatic carbocycles. The fourth-order valence-electron chi connectivity index (χ4n) is 1.91. The van der Waals surface area contributed by atoms with Crippen molar-refractivity contribution in [2.45, 2.75) is 0 Å². The number of para-hydroxylation sites is 1. The number of rotatable bonds is 2. The summed E-state index contributed by atoms with van der Waals surface area (Å²) < 4.78 is 2.25. The van der Waals surface area contributed by atoms with Gasteiger partial charge in [0.1, 0.15) is 0 Å². The number of benzene rings is 2. The van der Waals surface area contributed by atoms with Gasteiger partial charge in [-0.25, -0.2) is 0 Å². The van der Waals surface area contributed by atoms with Crippen molar-refractivity contribution in [3.05, 3.63) is 50.9 Å². The van der Waals surface area contributed by atoms with E-state index in [-0.39, 0.29) is 0 Å².